The molecule has 0 aliphatic carbocycles. The van der Waals surface area contributed by atoms with Gasteiger partial charge in [-0.05, 0) is 59.1 Å². The molecular weight excluding hydrogens is 290 g/mol. The minimum Gasteiger partial charge on any atom is -0.333 e. The van der Waals surface area contributed by atoms with Gasteiger partial charge in [-0.1, -0.05) is 23.9 Å². The van der Waals surface area contributed by atoms with Crippen molar-refractivity contribution in [1.29, 1.82) is 0 Å². The Morgan fingerprint density at radius 3 is 2.50 bits per heavy atom. The lowest BCUT2D eigenvalue weighted by atomic mass is 9.80. The lowest BCUT2D eigenvalue weighted by Gasteiger charge is -2.53. The summed E-state index contributed by atoms with van der Waals surface area (Å²) >= 11 is 1.83. The number of benzene rings is 1. The van der Waals surface area contributed by atoms with Crippen molar-refractivity contribution in [2.45, 2.75) is 63.2 Å². The SMILES string of the molecule is CC1(C)CCCC(C)(C)N1CCSc1nc2ccccc2[nH]1. The number of fused-ring (bicyclic) bond motifs is 1. The lowest BCUT2D eigenvalue weighted by Crippen LogP contribution is -2.59. The van der Waals surface area contributed by atoms with Crippen LogP contribution in [-0.2, 0) is 0 Å². The third kappa shape index (κ3) is 3.18. The van der Waals surface area contributed by atoms with Crippen molar-refractivity contribution >= 4 is 22.8 Å². The molecule has 2 heterocycles. The van der Waals surface area contributed by atoms with Crippen LogP contribution < -0.4 is 0 Å². The van der Waals surface area contributed by atoms with Gasteiger partial charge in [-0.2, -0.15) is 0 Å². The molecule has 0 atom stereocenters. The molecule has 0 saturated carbocycles. The Balaban J connectivity index is 1.64. The highest BCUT2D eigenvalue weighted by Crippen LogP contribution is 2.38. The molecule has 2 aromatic rings. The highest BCUT2D eigenvalue weighted by atomic mass is 32.2. The highest BCUT2D eigenvalue weighted by molar-refractivity contribution is 7.99. The van der Waals surface area contributed by atoms with E-state index in [1.165, 1.54) is 19.3 Å². The number of thioether (sulfide) groups is 1. The summed E-state index contributed by atoms with van der Waals surface area (Å²) in [6.45, 7) is 10.7. The van der Waals surface area contributed by atoms with Crippen LogP contribution in [-0.4, -0.2) is 38.2 Å². The van der Waals surface area contributed by atoms with Gasteiger partial charge in [-0.25, -0.2) is 4.98 Å². The number of likely N-dealkylation sites (tertiary alicyclic amines) is 1. The molecule has 1 aliphatic heterocycles. The number of piperidine rings is 1. The van der Waals surface area contributed by atoms with Crippen molar-refractivity contribution in [3.05, 3.63) is 24.3 Å². The van der Waals surface area contributed by atoms with E-state index in [-0.39, 0.29) is 0 Å². The molecular formula is C18H27N3S. The molecule has 0 unspecified atom stereocenters. The van der Waals surface area contributed by atoms with E-state index in [2.05, 4.69) is 54.7 Å². The predicted molar refractivity (Wildman–Crippen MR) is 95.5 cm³/mol. The van der Waals surface area contributed by atoms with Gasteiger partial charge in [0, 0.05) is 23.4 Å². The molecule has 0 bridgehead atoms. The van der Waals surface area contributed by atoms with Gasteiger partial charge in [0.2, 0.25) is 0 Å². The first-order chi connectivity index (χ1) is 10.4. The second-order valence-corrected chi connectivity index (χ2v) is 8.62. The van der Waals surface area contributed by atoms with Crippen molar-refractivity contribution in [2.24, 2.45) is 0 Å². The zero-order valence-electron chi connectivity index (χ0n) is 14.1. The van der Waals surface area contributed by atoms with E-state index < -0.39 is 0 Å². The summed E-state index contributed by atoms with van der Waals surface area (Å²) in [6.07, 6.45) is 3.94. The molecule has 1 fully saturated rings. The minimum atomic E-state index is 0.302. The number of imidazole rings is 1. The summed E-state index contributed by atoms with van der Waals surface area (Å²) in [5.41, 5.74) is 2.79. The van der Waals surface area contributed by atoms with E-state index in [1.54, 1.807) is 0 Å². The summed E-state index contributed by atoms with van der Waals surface area (Å²) in [5, 5.41) is 1.04. The van der Waals surface area contributed by atoms with Crippen LogP contribution in [0.3, 0.4) is 0 Å². The molecule has 0 radical (unpaired) electrons. The zero-order chi connectivity index (χ0) is 15.8. The fraction of sp³-hybridized carbons (Fsp3) is 0.611. The van der Waals surface area contributed by atoms with Crippen LogP contribution in [0.5, 0.6) is 0 Å². The van der Waals surface area contributed by atoms with Crippen molar-refractivity contribution < 1.29 is 0 Å². The Morgan fingerprint density at radius 1 is 1.14 bits per heavy atom. The number of H-pyrrole nitrogens is 1. The van der Waals surface area contributed by atoms with Crippen LogP contribution in [0.1, 0.15) is 47.0 Å². The van der Waals surface area contributed by atoms with E-state index in [9.17, 15) is 0 Å². The Kier molecular flexibility index (Phi) is 4.25. The standard InChI is InChI=1S/C18H27N3S/c1-17(2)10-7-11-18(3,4)21(17)12-13-22-16-19-14-8-5-6-9-15(14)20-16/h5-6,8-9H,7,10-13H2,1-4H3,(H,19,20). The summed E-state index contributed by atoms with van der Waals surface area (Å²) in [4.78, 5) is 10.8. The van der Waals surface area contributed by atoms with E-state index >= 15 is 0 Å². The summed E-state index contributed by atoms with van der Waals surface area (Å²) in [7, 11) is 0. The first-order valence-corrected chi connectivity index (χ1v) is 9.22. The van der Waals surface area contributed by atoms with E-state index in [1.807, 2.05) is 23.9 Å². The first kappa shape index (κ1) is 15.9. The Morgan fingerprint density at radius 2 is 1.82 bits per heavy atom. The second kappa shape index (κ2) is 5.89. The average Bonchev–Trinajstić information content (AvgIpc) is 2.84. The second-order valence-electron chi connectivity index (χ2n) is 7.54. The molecule has 1 aromatic carbocycles. The molecule has 1 aliphatic rings. The third-order valence-corrected chi connectivity index (χ3v) is 5.81. The van der Waals surface area contributed by atoms with Gasteiger partial charge in [0.15, 0.2) is 5.16 Å². The maximum atomic E-state index is 4.66. The Labute approximate surface area is 137 Å². The molecule has 120 valence electrons. The largest absolute Gasteiger partial charge is 0.333 e. The molecule has 0 spiro atoms. The number of rotatable bonds is 4. The van der Waals surface area contributed by atoms with Gasteiger partial charge in [-0.15, -0.1) is 0 Å². The number of hydrogen-bond donors (Lipinski definition) is 1. The van der Waals surface area contributed by atoms with Crippen LogP contribution >= 0.6 is 11.8 Å². The van der Waals surface area contributed by atoms with Crippen molar-refractivity contribution in [3.8, 4) is 0 Å². The highest BCUT2D eigenvalue weighted by Gasteiger charge is 2.40. The summed E-state index contributed by atoms with van der Waals surface area (Å²) in [6, 6.07) is 8.24. The van der Waals surface area contributed by atoms with Crippen molar-refractivity contribution in [2.75, 3.05) is 12.3 Å². The number of aromatic amines is 1. The normalized spacial score (nSPS) is 21.3. The first-order valence-electron chi connectivity index (χ1n) is 8.24. The van der Waals surface area contributed by atoms with E-state index in [4.69, 9.17) is 0 Å². The van der Waals surface area contributed by atoms with Gasteiger partial charge in [0.1, 0.15) is 0 Å². The van der Waals surface area contributed by atoms with Crippen molar-refractivity contribution in [3.63, 3.8) is 0 Å². The summed E-state index contributed by atoms with van der Waals surface area (Å²) < 4.78 is 0. The molecule has 22 heavy (non-hydrogen) atoms. The smallest absolute Gasteiger partial charge is 0.166 e. The van der Waals surface area contributed by atoms with Crippen LogP contribution in [0.2, 0.25) is 0 Å². The molecule has 0 amide bonds. The quantitative estimate of drug-likeness (QED) is 0.830. The van der Waals surface area contributed by atoms with Crippen LogP contribution in [0.15, 0.2) is 29.4 Å². The molecule has 4 heteroatoms. The van der Waals surface area contributed by atoms with Crippen molar-refractivity contribution in [1.82, 2.24) is 14.9 Å². The monoisotopic (exact) mass is 317 g/mol. The maximum Gasteiger partial charge on any atom is 0.166 e. The fourth-order valence-corrected chi connectivity index (χ4v) is 4.69. The van der Waals surface area contributed by atoms with Crippen LogP contribution in [0, 0.1) is 0 Å². The zero-order valence-corrected chi connectivity index (χ0v) is 15.0. The van der Waals surface area contributed by atoms with Crippen LogP contribution in [0.25, 0.3) is 11.0 Å². The number of nitrogens with one attached hydrogen (secondary N) is 1. The minimum absolute atomic E-state index is 0.302. The average molecular weight is 318 g/mol. The predicted octanol–water partition coefficient (Wildman–Crippen LogP) is 4.70. The van der Waals surface area contributed by atoms with E-state index in [0.717, 1.165) is 28.5 Å². The van der Waals surface area contributed by atoms with Gasteiger partial charge >= 0.3 is 0 Å². The van der Waals surface area contributed by atoms with Crippen LogP contribution in [0.4, 0.5) is 0 Å². The number of nitrogens with zero attached hydrogens (tertiary/aromatic N) is 2. The fourth-order valence-electron chi connectivity index (χ4n) is 3.88. The molecule has 1 saturated heterocycles. The molecule has 1 N–H and O–H groups in total. The lowest BCUT2D eigenvalue weighted by molar-refractivity contribution is -0.0209. The molecule has 1 aromatic heterocycles. The van der Waals surface area contributed by atoms with Gasteiger partial charge < -0.3 is 4.98 Å². The van der Waals surface area contributed by atoms with Gasteiger partial charge in [0.25, 0.3) is 0 Å². The maximum absolute atomic E-state index is 4.66. The van der Waals surface area contributed by atoms with E-state index in [0.29, 0.717) is 11.1 Å². The Bertz CT molecular complexity index is 596. The topological polar surface area (TPSA) is 31.9 Å². The number of para-hydroxylation sites is 2. The number of hydrogen-bond acceptors (Lipinski definition) is 3. The molecule has 3 rings (SSSR count). The van der Waals surface area contributed by atoms with Gasteiger partial charge in [0.05, 0.1) is 11.0 Å². The summed E-state index contributed by atoms with van der Waals surface area (Å²) in [5.74, 6) is 1.08. The third-order valence-electron chi connectivity index (χ3n) is 4.96. The number of aromatic nitrogens is 2. The van der Waals surface area contributed by atoms with Gasteiger partial charge in [-0.3, -0.25) is 4.90 Å². The Hall–Kier alpha value is -1.00. The molecule has 3 nitrogen and oxygen atoms in total.